The van der Waals surface area contributed by atoms with E-state index in [0.717, 1.165) is 36.8 Å². The van der Waals surface area contributed by atoms with Crippen molar-refractivity contribution < 1.29 is 17.9 Å². The maximum absolute atomic E-state index is 12.6. The Morgan fingerprint density at radius 1 is 0.909 bits per heavy atom. The van der Waals surface area contributed by atoms with E-state index in [9.17, 15) is 13.2 Å². The molecule has 2 aliphatic rings. The van der Waals surface area contributed by atoms with Gasteiger partial charge in [0.2, 0.25) is 0 Å². The van der Waals surface area contributed by atoms with Crippen LogP contribution in [0, 0.1) is 0 Å². The number of carbonyl (C=O) groups excluding carboxylic acids is 1. The molecule has 0 saturated carbocycles. The maximum atomic E-state index is 12.6. The number of hydrogen-bond acceptors (Lipinski definition) is 5. The number of hydrogen-bond donors (Lipinski definition) is 0. The highest BCUT2D eigenvalue weighted by Crippen LogP contribution is 2.30. The molecule has 0 radical (unpaired) electrons. The van der Waals surface area contributed by atoms with Crippen molar-refractivity contribution in [2.45, 2.75) is 36.9 Å². The molecule has 1 saturated heterocycles. The Labute approximate surface area is 194 Å². The van der Waals surface area contributed by atoms with Crippen molar-refractivity contribution in [2.75, 3.05) is 26.2 Å². The van der Waals surface area contributed by atoms with Crippen molar-refractivity contribution in [3.05, 3.63) is 77.9 Å². The first-order chi connectivity index (χ1) is 16.0. The second-order valence-electron chi connectivity index (χ2n) is 8.75. The monoisotopic (exact) mass is 464 g/mol. The fourth-order valence-corrected chi connectivity index (χ4v) is 6.41. The fraction of sp³-hybridized carbons (Fsp3) is 0.346. The predicted octanol–water partition coefficient (Wildman–Crippen LogP) is 4.06. The zero-order chi connectivity index (χ0) is 22.8. The quantitative estimate of drug-likeness (QED) is 0.471. The molecular weight excluding hydrogens is 436 g/mol. The Morgan fingerprint density at radius 3 is 2.55 bits per heavy atom. The number of unbranched alkanes of at least 4 members (excludes halogenated alkanes) is 1. The van der Waals surface area contributed by atoms with E-state index < -0.39 is 15.9 Å². The van der Waals surface area contributed by atoms with E-state index >= 15 is 0 Å². The molecule has 6 nitrogen and oxygen atoms in total. The number of sulfonamides is 1. The minimum Gasteiger partial charge on any atom is -0.372 e. The van der Waals surface area contributed by atoms with Crippen molar-refractivity contribution in [3.8, 4) is 0 Å². The predicted molar refractivity (Wildman–Crippen MR) is 127 cm³/mol. The fourth-order valence-electron chi connectivity index (χ4n) is 4.81. The molecule has 0 N–H and O–H groups in total. The molecule has 172 valence electrons. The van der Waals surface area contributed by atoms with Gasteiger partial charge in [-0.25, -0.2) is 12.7 Å². The number of rotatable bonds is 8. The smallest absolute Gasteiger partial charge is 0.269 e. The van der Waals surface area contributed by atoms with E-state index in [2.05, 4.69) is 47.4 Å². The molecule has 5 rings (SSSR count). The van der Waals surface area contributed by atoms with Crippen LogP contribution < -0.4 is 0 Å². The maximum Gasteiger partial charge on any atom is 0.269 e. The summed E-state index contributed by atoms with van der Waals surface area (Å²) in [6.45, 7) is 3.58. The molecule has 7 heteroatoms. The van der Waals surface area contributed by atoms with E-state index in [-0.39, 0.29) is 23.1 Å². The van der Waals surface area contributed by atoms with E-state index in [4.69, 9.17) is 4.74 Å². The van der Waals surface area contributed by atoms with Gasteiger partial charge in [0, 0.05) is 19.6 Å². The Morgan fingerprint density at radius 2 is 1.67 bits per heavy atom. The van der Waals surface area contributed by atoms with E-state index in [1.54, 1.807) is 18.2 Å². The molecule has 3 aromatic rings. The van der Waals surface area contributed by atoms with Crippen molar-refractivity contribution in [2.24, 2.45) is 0 Å². The van der Waals surface area contributed by atoms with Gasteiger partial charge in [-0.05, 0) is 54.3 Å². The molecule has 1 unspecified atom stereocenters. The molecular formula is C26H28N2O4S. The van der Waals surface area contributed by atoms with Crippen LogP contribution in [0.4, 0.5) is 0 Å². The Balaban J connectivity index is 1.07. The van der Waals surface area contributed by atoms with E-state index in [1.807, 2.05) is 0 Å². The second-order valence-corrected chi connectivity index (χ2v) is 10.6. The lowest BCUT2D eigenvalue weighted by atomic mass is 10.1. The van der Waals surface area contributed by atoms with Crippen molar-refractivity contribution in [1.82, 2.24) is 9.21 Å². The zero-order valence-electron chi connectivity index (χ0n) is 18.5. The van der Waals surface area contributed by atoms with Crippen LogP contribution in [0.1, 0.15) is 35.2 Å². The molecule has 1 fully saturated rings. The molecule has 3 aromatic carbocycles. The highest BCUT2D eigenvalue weighted by molar-refractivity contribution is 7.90. The summed E-state index contributed by atoms with van der Waals surface area (Å²) < 4.78 is 32.5. The highest BCUT2D eigenvalue weighted by Gasteiger charge is 2.40. The Hall–Kier alpha value is -2.74. The first-order valence-electron chi connectivity index (χ1n) is 11.5. The molecule has 33 heavy (non-hydrogen) atoms. The van der Waals surface area contributed by atoms with Crippen LogP contribution in [0.25, 0.3) is 10.8 Å². The van der Waals surface area contributed by atoms with Crippen LogP contribution in [0.2, 0.25) is 0 Å². The lowest BCUT2D eigenvalue weighted by Gasteiger charge is -2.18. The van der Waals surface area contributed by atoms with Crippen LogP contribution in [0.15, 0.2) is 71.6 Å². The van der Waals surface area contributed by atoms with Crippen molar-refractivity contribution in [1.29, 1.82) is 0 Å². The van der Waals surface area contributed by atoms with Crippen LogP contribution in [-0.4, -0.2) is 55.8 Å². The highest BCUT2D eigenvalue weighted by atomic mass is 32.2. The van der Waals surface area contributed by atoms with Gasteiger partial charge in [-0.2, -0.15) is 0 Å². The topological polar surface area (TPSA) is 66.9 Å². The van der Waals surface area contributed by atoms with Crippen LogP contribution >= 0.6 is 0 Å². The van der Waals surface area contributed by atoms with E-state index in [1.165, 1.54) is 22.4 Å². The summed E-state index contributed by atoms with van der Waals surface area (Å²) in [5.41, 5.74) is 1.49. The summed E-state index contributed by atoms with van der Waals surface area (Å²) in [5.74, 6) is -0.409. The number of fused-ring (bicyclic) bond motifs is 2. The molecule has 0 spiro atoms. The summed E-state index contributed by atoms with van der Waals surface area (Å²) in [4.78, 5) is 15.0. The number of carbonyl (C=O) groups is 1. The average molecular weight is 465 g/mol. The van der Waals surface area contributed by atoms with Gasteiger partial charge in [-0.3, -0.25) is 4.79 Å². The van der Waals surface area contributed by atoms with Crippen LogP contribution in [-0.2, 0) is 21.4 Å². The van der Waals surface area contributed by atoms with Gasteiger partial charge in [0.15, 0.2) is 0 Å². The number of ether oxygens (including phenoxy) is 1. The van der Waals surface area contributed by atoms with Gasteiger partial charge in [0.25, 0.3) is 15.9 Å². The number of likely N-dealkylation sites (tertiary alicyclic amines) is 1. The lowest BCUT2D eigenvalue weighted by Crippen LogP contribution is -2.31. The molecule has 1 atom stereocenters. The van der Waals surface area contributed by atoms with Crippen LogP contribution in [0.3, 0.4) is 0 Å². The summed E-state index contributed by atoms with van der Waals surface area (Å²) in [6.07, 6.45) is 2.70. The number of nitrogens with zero attached hydrogens (tertiary/aromatic N) is 2. The Kier molecular flexibility index (Phi) is 6.19. The van der Waals surface area contributed by atoms with Gasteiger partial charge in [-0.1, -0.05) is 54.6 Å². The molecule has 0 bridgehead atoms. The normalized spacial score (nSPS) is 19.9. The first kappa shape index (κ1) is 22.1. The SMILES string of the molecule is O=C1c2ccccc2S(=O)(=O)N1CCCCN1CCC(OCc2cccc3ccccc23)C1. The molecule has 2 heterocycles. The average Bonchev–Trinajstić information content (AvgIpc) is 3.36. The van der Waals surface area contributed by atoms with Gasteiger partial charge < -0.3 is 9.64 Å². The minimum atomic E-state index is -3.70. The zero-order valence-corrected chi connectivity index (χ0v) is 19.3. The lowest BCUT2D eigenvalue weighted by molar-refractivity contribution is 0.0472. The summed E-state index contributed by atoms with van der Waals surface area (Å²) in [7, 11) is -3.70. The standard InChI is InChI=1S/C26H28N2O4S/c29-26-24-12-3-4-13-25(24)33(30,31)28(26)16-6-5-15-27-17-14-22(18-27)32-19-21-10-7-9-20-8-1-2-11-23(20)21/h1-4,7-13,22H,5-6,14-19H2. The van der Waals surface area contributed by atoms with Crippen LogP contribution in [0.5, 0.6) is 0 Å². The van der Waals surface area contributed by atoms with E-state index in [0.29, 0.717) is 13.0 Å². The molecule has 2 aliphatic heterocycles. The van der Waals surface area contributed by atoms with Crippen molar-refractivity contribution in [3.63, 3.8) is 0 Å². The Bertz CT molecular complexity index is 1270. The summed E-state index contributed by atoms with van der Waals surface area (Å²) >= 11 is 0. The largest absolute Gasteiger partial charge is 0.372 e. The molecule has 0 aromatic heterocycles. The van der Waals surface area contributed by atoms with Gasteiger partial charge in [0.1, 0.15) is 4.90 Å². The first-order valence-corrected chi connectivity index (χ1v) is 12.9. The third-order valence-corrected chi connectivity index (χ3v) is 8.42. The van der Waals surface area contributed by atoms with Gasteiger partial charge >= 0.3 is 0 Å². The minimum absolute atomic E-state index is 0.126. The van der Waals surface area contributed by atoms with Gasteiger partial charge in [0.05, 0.1) is 18.3 Å². The summed E-state index contributed by atoms with van der Waals surface area (Å²) in [6, 6.07) is 21.1. The third kappa shape index (κ3) is 4.40. The van der Waals surface area contributed by atoms with Gasteiger partial charge in [-0.15, -0.1) is 0 Å². The number of amides is 1. The molecule has 0 aliphatic carbocycles. The second kappa shape index (κ2) is 9.25. The summed E-state index contributed by atoms with van der Waals surface area (Å²) in [5, 5.41) is 2.47. The molecule has 1 amide bonds. The third-order valence-electron chi connectivity index (χ3n) is 6.58. The van der Waals surface area contributed by atoms with Crippen molar-refractivity contribution >= 4 is 26.7 Å². The number of benzene rings is 3.